The van der Waals surface area contributed by atoms with Crippen molar-refractivity contribution in [1.29, 1.82) is 0 Å². The smallest absolute Gasteiger partial charge is 0.129 e. The zero-order chi connectivity index (χ0) is 18.3. The van der Waals surface area contributed by atoms with Crippen molar-refractivity contribution >= 4 is 5.82 Å². The highest BCUT2D eigenvalue weighted by Crippen LogP contribution is 2.44. The molecule has 142 valence electrons. The van der Waals surface area contributed by atoms with Gasteiger partial charge in [-0.3, -0.25) is 0 Å². The zero-order valence-corrected chi connectivity index (χ0v) is 15.7. The fourth-order valence-corrected chi connectivity index (χ4v) is 5.49. The second kappa shape index (κ2) is 6.86. The maximum atomic E-state index is 5.71. The molecule has 6 rings (SSSR count). The fourth-order valence-electron chi connectivity index (χ4n) is 5.49. The Balaban J connectivity index is 1.53. The predicted molar refractivity (Wildman–Crippen MR) is 107 cm³/mol. The number of piperidine rings is 2. The molecule has 0 amide bonds. The molecular formula is C21H28N6. The van der Waals surface area contributed by atoms with Crippen molar-refractivity contribution in [3.05, 3.63) is 54.0 Å². The van der Waals surface area contributed by atoms with Crippen LogP contribution in [0.25, 0.3) is 0 Å². The van der Waals surface area contributed by atoms with E-state index in [1.165, 1.54) is 31.7 Å². The molecule has 3 unspecified atom stereocenters. The van der Waals surface area contributed by atoms with Gasteiger partial charge in [0.15, 0.2) is 0 Å². The van der Waals surface area contributed by atoms with E-state index in [0.717, 1.165) is 31.0 Å². The lowest BCUT2D eigenvalue weighted by atomic mass is 9.64. The summed E-state index contributed by atoms with van der Waals surface area (Å²) in [5.41, 5.74) is 8.26. The summed E-state index contributed by atoms with van der Waals surface area (Å²) in [5, 5.41) is 3.84. The molecule has 0 saturated carbocycles. The van der Waals surface area contributed by atoms with Crippen molar-refractivity contribution in [2.75, 3.05) is 51.1 Å². The number of nitrogens with zero attached hydrogens (tertiary/aromatic N) is 4. The monoisotopic (exact) mass is 364 g/mol. The highest BCUT2D eigenvalue weighted by Gasteiger charge is 2.55. The largest absolute Gasteiger partial charge is 0.366 e. The Bertz CT molecular complexity index is 778. The number of hydrogen-bond acceptors (Lipinski definition) is 6. The Hall–Kier alpha value is -2.02. The Morgan fingerprint density at radius 3 is 2.52 bits per heavy atom. The molecule has 4 aliphatic heterocycles. The molecule has 0 aliphatic carbocycles. The maximum absolute atomic E-state index is 5.71. The van der Waals surface area contributed by atoms with Crippen LogP contribution in [0.5, 0.6) is 0 Å². The first-order chi connectivity index (χ1) is 13.3. The van der Waals surface area contributed by atoms with Gasteiger partial charge in [0, 0.05) is 74.8 Å². The van der Waals surface area contributed by atoms with Crippen LogP contribution >= 0.6 is 0 Å². The maximum Gasteiger partial charge on any atom is 0.129 e. The van der Waals surface area contributed by atoms with Gasteiger partial charge in [-0.15, -0.1) is 0 Å². The summed E-state index contributed by atoms with van der Waals surface area (Å²) in [4.78, 5) is 14.2. The standard InChI is InChI=1S/C21H28N6/c22-7-6-18-10-19(24-15-23-18)25-20-16-11-26-8-9-27(12-16)14-21(20,13-26)17-4-2-1-3-5-17/h1-5,10,15-16,20H,6-9,11-14,22H2,(H,23,24,25). The SMILES string of the molecule is NCCc1cc(NC2C3CN4CCN(C3)CC2(c2ccccc2)C4)ncn1. The summed E-state index contributed by atoms with van der Waals surface area (Å²) in [6, 6.07) is 13.5. The second-order valence-electron chi connectivity index (χ2n) is 8.31. The summed E-state index contributed by atoms with van der Waals surface area (Å²) in [5.74, 6) is 1.54. The van der Waals surface area contributed by atoms with Gasteiger partial charge < -0.3 is 20.9 Å². The molecule has 4 saturated heterocycles. The normalized spacial score (nSPS) is 34.4. The summed E-state index contributed by atoms with van der Waals surface area (Å²) >= 11 is 0. The molecule has 4 fully saturated rings. The van der Waals surface area contributed by atoms with Gasteiger partial charge in [-0.05, 0) is 12.1 Å². The topological polar surface area (TPSA) is 70.3 Å². The van der Waals surface area contributed by atoms with E-state index in [0.29, 0.717) is 18.5 Å². The molecule has 3 atom stereocenters. The van der Waals surface area contributed by atoms with Crippen LogP contribution in [0.2, 0.25) is 0 Å². The first-order valence-corrected chi connectivity index (χ1v) is 10.0. The number of fused-ring (bicyclic) bond motifs is 1. The molecule has 2 aromatic rings. The first kappa shape index (κ1) is 17.1. The lowest BCUT2D eigenvalue weighted by Crippen LogP contribution is -2.68. The van der Waals surface area contributed by atoms with E-state index < -0.39 is 0 Å². The average molecular weight is 364 g/mol. The van der Waals surface area contributed by atoms with Crippen molar-refractivity contribution < 1.29 is 0 Å². The van der Waals surface area contributed by atoms with Crippen LogP contribution in [0.15, 0.2) is 42.7 Å². The van der Waals surface area contributed by atoms with Crippen LogP contribution in [-0.4, -0.2) is 71.6 Å². The number of benzene rings is 1. The Morgan fingerprint density at radius 1 is 1.07 bits per heavy atom. The van der Waals surface area contributed by atoms with Gasteiger partial charge in [-0.25, -0.2) is 9.97 Å². The van der Waals surface area contributed by atoms with Gasteiger partial charge in [-0.2, -0.15) is 0 Å². The molecule has 5 heterocycles. The van der Waals surface area contributed by atoms with Gasteiger partial charge >= 0.3 is 0 Å². The summed E-state index contributed by atoms with van der Waals surface area (Å²) in [6.45, 7) is 7.55. The second-order valence-corrected chi connectivity index (χ2v) is 8.31. The molecule has 27 heavy (non-hydrogen) atoms. The Morgan fingerprint density at radius 2 is 1.81 bits per heavy atom. The summed E-state index contributed by atoms with van der Waals surface area (Å²) in [6.07, 6.45) is 2.45. The van der Waals surface area contributed by atoms with Gasteiger partial charge in [-0.1, -0.05) is 30.3 Å². The van der Waals surface area contributed by atoms with Crippen molar-refractivity contribution in [1.82, 2.24) is 19.8 Å². The highest BCUT2D eigenvalue weighted by molar-refractivity contribution is 5.43. The van der Waals surface area contributed by atoms with E-state index in [4.69, 9.17) is 5.73 Å². The minimum absolute atomic E-state index is 0.0951. The lowest BCUT2D eigenvalue weighted by molar-refractivity contribution is 0.0438. The lowest BCUT2D eigenvalue weighted by Gasteiger charge is -2.56. The number of anilines is 1. The van der Waals surface area contributed by atoms with Gasteiger partial charge in [0.1, 0.15) is 12.1 Å². The summed E-state index contributed by atoms with van der Waals surface area (Å²) < 4.78 is 0. The zero-order valence-electron chi connectivity index (χ0n) is 15.7. The molecule has 1 aromatic heterocycles. The number of hydrogen-bond donors (Lipinski definition) is 2. The van der Waals surface area contributed by atoms with E-state index >= 15 is 0 Å². The van der Waals surface area contributed by atoms with E-state index in [9.17, 15) is 0 Å². The molecular weight excluding hydrogens is 336 g/mol. The quantitative estimate of drug-likeness (QED) is 0.824. The van der Waals surface area contributed by atoms with Gasteiger partial charge in [0.2, 0.25) is 0 Å². The van der Waals surface area contributed by atoms with Crippen molar-refractivity contribution in [3.8, 4) is 0 Å². The molecule has 6 heteroatoms. The van der Waals surface area contributed by atoms with Crippen LogP contribution < -0.4 is 11.1 Å². The number of rotatable bonds is 5. The number of aromatic nitrogens is 2. The van der Waals surface area contributed by atoms with Crippen LogP contribution in [0.1, 0.15) is 11.3 Å². The average Bonchev–Trinajstić information content (AvgIpc) is 2.94. The minimum Gasteiger partial charge on any atom is -0.366 e. The summed E-state index contributed by atoms with van der Waals surface area (Å²) in [7, 11) is 0. The van der Waals surface area contributed by atoms with Crippen molar-refractivity contribution in [2.45, 2.75) is 17.9 Å². The molecule has 0 spiro atoms. The molecule has 4 bridgehead atoms. The van der Waals surface area contributed by atoms with E-state index in [1.54, 1.807) is 6.33 Å². The third kappa shape index (κ3) is 3.02. The van der Waals surface area contributed by atoms with Crippen LogP contribution in [-0.2, 0) is 11.8 Å². The van der Waals surface area contributed by atoms with Crippen molar-refractivity contribution in [2.24, 2.45) is 11.7 Å². The Kier molecular flexibility index (Phi) is 4.34. The molecule has 3 N–H and O–H groups in total. The minimum atomic E-state index is 0.0951. The van der Waals surface area contributed by atoms with E-state index in [-0.39, 0.29) is 5.41 Å². The number of nitrogens with one attached hydrogen (secondary N) is 1. The predicted octanol–water partition coefficient (Wildman–Crippen LogP) is 0.957. The van der Waals surface area contributed by atoms with Crippen LogP contribution in [0, 0.1) is 5.92 Å². The van der Waals surface area contributed by atoms with Gasteiger partial charge in [0.25, 0.3) is 0 Å². The van der Waals surface area contributed by atoms with E-state index in [1.807, 2.05) is 0 Å². The van der Waals surface area contributed by atoms with E-state index in [2.05, 4.69) is 61.5 Å². The highest BCUT2D eigenvalue weighted by atomic mass is 15.3. The number of nitrogens with two attached hydrogens (primary N) is 1. The Labute approximate surface area is 160 Å². The first-order valence-electron chi connectivity index (χ1n) is 10.0. The van der Waals surface area contributed by atoms with Crippen LogP contribution in [0.4, 0.5) is 5.82 Å². The molecule has 6 nitrogen and oxygen atoms in total. The van der Waals surface area contributed by atoms with Gasteiger partial charge in [0.05, 0.1) is 0 Å². The fraction of sp³-hybridized carbons (Fsp3) is 0.524. The van der Waals surface area contributed by atoms with Crippen LogP contribution in [0.3, 0.4) is 0 Å². The molecule has 0 radical (unpaired) electrons. The molecule has 1 aromatic carbocycles. The molecule has 4 aliphatic rings. The third-order valence-electron chi connectivity index (χ3n) is 6.57. The van der Waals surface area contributed by atoms with Crippen molar-refractivity contribution in [3.63, 3.8) is 0 Å². The third-order valence-corrected chi connectivity index (χ3v) is 6.57.